The zero-order valence-corrected chi connectivity index (χ0v) is 12.5. The first-order chi connectivity index (χ1) is 9.44. The molecule has 2 rings (SSSR count). The molecule has 5 heteroatoms. The Morgan fingerprint density at radius 1 is 1.35 bits per heavy atom. The van der Waals surface area contributed by atoms with Gasteiger partial charge in [-0.3, -0.25) is 4.79 Å². The van der Waals surface area contributed by atoms with E-state index >= 15 is 0 Å². The number of carbonyl (C=O) groups excluding carboxylic acids is 1. The van der Waals surface area contributed by atoms with Crippen LogP contribution in [0.5, 0.6) is 6.01 Å². The van der Waals surface area contributed by atoms with E-state index in [0.29, 0.717) is 12.6 Å². The van der Waals surface area contributed by atoms with E-state index in [2.05, 4.69) is 9.97 Å². The highest BCUT2D eigenvalue weighted by atomic mass is 16.5. The van der Waals surface area contributed by atoms with Gasteiger partial charge in [0.15, 0.2) is 0 Å². The minimum absolute atomic E-state index is 0.0225. The zero-order valence-electron chi connectivity index (χ0n) is 12.5. The molecule has 0 bridgehead atoms. The van der Waals surface area contributed by atoms with E-state index in [-0.39, 0.29) is 12.0 Å². The molecule has 0 aromatic carbocycles. The number of amides is 1. The molecule has 0 unspecified atom stereocenters. The minimum atomic E-state index is -0.0225. The normalized spacial score (nSPS) is 18.0. The summed E-state index contributed by atoms with van der Waals surface area (Å²) in [6, 6.07) is 2.32. The maximum Gasteiger partial charge on any atom is 0.317 e. The van der Waals surface area contributed by atoms with Gasteiger partial charge in [-0.2, -0.15) is 0 Å². The predicted octanol–water partition coefficient (Wildman–Crippen LogP) is 2.04. The van der Waals surface area contributed by atoms with E-state index in [1.807, 2.05) is 33.8 Å². The summed E-state index contributed by atoms with van der Waals surface area (Å²) in [4.78, 5) is 22.3. The van der Waals surface area contributed by atoms with Gasteiger partial charge in [0.1, 0.15) is 6.10 Å². The SMILES string of the molecule is CC(C)=CC(=O)N1CC[C@@H](Oc2nc(C)cc(C)n2)C1. The van der Waals surface area contributed by atoms with Crippen LogP contribution in [0.3, 0.4) is 0 Å². The number of aryl methyl sites for hydroxylation is 2. The van der Waals surface area contributed by atoms with Gasteiger partial charge in [0.05, 0.1) is 6.54 Å². The van der Waals surface area contributed by atoms with Crippen molar-refractivity contribution in [2.45, 2.75) is 40.2 Å². The Hall–Kier alpha value is -1.91. The Morgan fingerprint density at radius 3 is 2.60 bits per heavy atom. The highest BCUT2D eigenvalue weighted by Crippen LogP contribution is 2.16. The molecule has 0 N–H and O–H groups in total. The molecule has 1 aliphatic rings. The van der Waals surface area contributed by atoms with Crippen molar-refractivity contribution in [3.05, 3.63) is 29.1 Å². The van der Waals surface area contributed by atoms with Gasteiger partial charge in [-0.15, -0.1) is 0 Å². The van der Waals surface area contributed by atoms with Crippen molar-refractivity contribution in [2.24, 2.45) is 0 Å². The number of hydrogen-bond donors (Lipinski definition) is 0. The van der Waals surface area contributed by atoms with E-state index in [0.717, 1.165) is 29.9 Å². The lowest BCUT2D eigenvalue weighted by Gasteiger charge is -2.15. The summed E-state index contributed by atoms with van der Waals surface area (Å²) < 4.78 is 5.79. The van der Waals surface area contributed by atoms with E-state index in [1.165, 1.54) is 0 Å². The van der Waals surface area contributed by atoms with E-state index in [4.69, 9.17) is 4.74 Å². The van der Waals surface area contributed by atoms with Crippen LogP contribution >= 0.6 is 0 Å². The van der Waals surface area contributed by atoms with E-state index in [1.54, 1.807) is 11.0 Å². The van der Waals surface area contributed by atoms with Crippen LogP contribution in [0.25, 0.3) is 0 Å². The minimum Gasteiger partial charge on any atom is -0.458 e. The standard InChI is InChI=1S/C15H21N3O2/c1-10(2)7-14(19)18-6-5-13(9-18)20-15-16-11(3)8-12(4)17-15/h7-8,13H,5-6,9H2,1-4H3/t13-/m1/s1. The van der Waals surface area contributed by atoms with Gasteiger partial charge in [-0.25, -0.2) is 9.97 Å². The Morgan fingerprint density at radius 2 is 2.00 bits per heavy atom. The number of rotatable bonds is 3. The van der Waals surface area contributed by atoms with Gasteiger partial charge >= 0.3 is 6.01 Å². The van der Waals surface area contributed by atoms with Gasteiger partial charge < -0.3 is 9.64 Å². The molecule has 1 aromatic heterocycles. The number of nitrogens with zero attached hydrogens (tertiary/aromatic N) is 3. The Labute approximate surface area is 119 Å². The fourth-order valence-electron chi connectivity index (χ4n) is 2.26. The highest BCUT2D eigenvalue weighted by molar-refractivity contribution is 5.88. The van der Waals surface area contributed by atoms with Crippen molar-refractivity contribution in [1.29, 1.82) is 0 Å². The van der Waals surface area contributed by atoms with Crippen LogP contribution in [0.2, 0.25) is 0 Å². The van der Waals surface area contributed by atoms with Crippen molar-refractivity contribution in [2.75, 3.05) is 13.1 Å². The molecular weight excluding hydrogens is 254 g/mol. The van der Waals surface area contributed by atoms with Gasteiger partial charge in [-0.1, -0.05) is 5.57 Å². The zero-order chi connectivity index (χ0) is 14.7. The molecule has 1 amide bonds. The Bertz CT molecular complexity index is 516. The molecular formula is C15H21N3O2. The van der Waals surface area contributed by atoms with Crippen LogP contribution in [-0.2, 0) is 4.79 Å². The monoisotopic (exact) mass is 275 g/mol. The van der Waals surface area contributed by atoms with Gasteiger partial charge in [0.25, 0.3) is 0 Å². The number of ether oxygens (including phenoxy) is 1. The molecule has 1 aromatic rings. The molecule has 2 heterocycles. The van der Waals surface area contributed by atoms with Gasteiger partial charge in [0.2, 0.25) is 5.91 Å². The van der Waals surface area contributed by atoms with Crippen molar-refractivity contribution < 1.29 is 9.53 Å². The van der Waals surface area contributed by atoms with Crippen LogP contribution in [-0.4, -0.2) is 40.0 Å². The quantitative estimate of drug-likeness (QED) is 0.792. The van der Waals surface area contributed by atoms with Crippen LogP contribution in [0, 0.1) is 13.8 Å². The number of carbonyl (C=O) groups is 1. The Kier molecular flexibility index (Phi) is 4.37. The predicted molar refractivity (Wildman–Crippen MR) is 76.6 cm³/mol. The number of allylic oxidation sites excluding steroid dienone is 1. The third kappa shape index (κ3) is 3.79. The van der Waals surface area contributed by atoms with Crippen LogP contribution in [0.15, 0.2) is 17.7 Å². The summed E-state index contributed by atoms with van der Waals surface area (Å²) >= 11 is 0. The average Bonchev–Trinajstić information content (AvgIpc) is 2.75. The smallest absolute Gasteiger partial charge is 0.317 e. The molecule has 0 radical (unpaired) electrons. The summed E-state index contributed by atoms with van der Waals surface area (Å²) in [5.74, 6) is 0.0532. The van der Waals surface area contributed by atoms with Crippen LogP contribution < -0.4 is 4.74 Å². The molecule has 0 saturated carbocycles. The first kappa shape index (κ1) is 14.5. The first-order valence-corrected chi connectivity index (χ1v) is 6.87. The van der Waals surface area contributed by atoms with E-state index in [9.17, 15) is 4.79 Å². The fourth-order valence-corrected chi connectivity index (χ4v) is 2.26. The number of hydrogen-bond acceptors (Lipinski definition) is 4. The van der Waals surface area contributed by atoms with Crippen molar-refractivity contribution in [1.82, 2.24) is 14.9 Å². The second kappa shape index (κ2) is 6.03. The summed E-state index contributed by atoms with van der Waals surface area (Å²) in [6.45, 7) is 9.00. The molecule has 108 valence electrons. The Balaban J connectivity index is 1.96. The van der Waals surface area contributed by atoms with Crippen molar-refractivity contribution in [3.63, 3.8) is 0 Å². The summed E-state index contributed by atoms with van der Waals surface area (Å²) in [7, 11) is 0. The lowest BCUT2D eigenvalue weighted by molar-refractivity contribution is -0.125. The summed E-state index contributed by atoms with van der Waals surface area (Å²) in [5.41, 5.74) is 2.79. The number of likely N-dealkylation sites (tertiary alicyclic amines) is 1. The number of aromatic nitrogens is 2. The molecule has 5 nitrogen and oxygen atoms in total. The third-order valence-corrected chi connectivity index (χ3v) is 3.10. The van der Waals surface area contributed by atoms with Crippen molar-refractivity contribution >= 4 is 5.91 Å². The fraction of sp³-hybridized carbons (Fsp3) is 0.533. The third-order valence-electron chi connectivity index (χ3n) is 3.10. The van der Waals surface area contributed by atoms with Gasteiger partial charge in [-0.05, 0) is 33.8 Å². The maximum atomic E-state index is 11.9. The second-order valence-electron chi connectivity index (χ2n) is 5.47. The topological polar surface area (TPSA) is 55.3 Å². The van der Waals surface area contributed by atoms with Gasteiger partial charge in [0, 0.05) is 30.4 Å². The molecule has 1 fully saturated rings. The van der Waals surface area contributed by atoms with Crippen LogP contribution in [0.4, 0.5) is 0 Å². The molecule has 1 aliphatic heterocycles. The highest BCUT2D eigenvalue weighted by Gasteiger charge is 2.27. The van der Waals surface area contributed by atoms with Crippen LogP contribution in [0.1, 0.15) is 31.7 Å². The van der Waals surface area contributed by atoms with E-state index < -0.39 is 0 Å². The largest absolute Gasteiger partial charge is 0.458 e. The molecule has 1 saturated heterocycles. The summed E-state index contributed by atoms with van der Waals surface area (Å²) in [5, 5.41) is 0. The first-order valence-electron chi connectivity index (χ1n) is 6.87. The summed E-state index contributed by atoms with van der Waals surface area (Å²) in [6.07, 6.45) is 2.46. The average molecular weight is 275 g/mol. The molecule has 1 atom stereocenters. The second-order valence-corrected chi connectivity index (χ2v) is 5.47. The van der Waals surface area contributed by atoms with Crippen molar-refractivity contribution in [3.8, 4) is 6.01 Å². The lowest BCUT2D eigenvalue weighted by atomic mass is 10.3. The lowest BCUT2D eigenvalue weighted by Crippen LogP contribution is -2.30. The molecule has 20 heavy (non-hydrogen) atoms. The molecule has 0 spiro atoms. The maximum absolute atomic E-state index is 11.9. The molecule has 0 aliphatic carbocycles.